The van der Waals surface area contributed by atoms with Crippen LogP contribution in [0.3, 0.4) is 0 Å². The summed E-state index contributed by atoms with van der Waals surface area (Å²) in [6.45, 7) is 1.46. The minimum absolute atomic E-state index is 0.241. The summed E-state index contributed by atoms with van der Waals surface area (Å²) in [6.07, 6.45) is 0. The molecule has 180 valence electrons. The highest BCUT2D eigenvalue weighted by Gasteiger charge is 2.40. The van der Waals surface area contributed by atoms with E-state index in [2.05, 4.69) is 41.0 Å². The molecule has 0 aromatic heterocycles. The third-order valence-corrected chi connectivity index (χ3v) is 7.94. The maximum absolute atomic E-state index is 13.1. The van der Waals surface area contributed by atoms with Crippen molar-refractivity contribution in [3.05, 3.63) is 90.5 Å². The molecule has 3 aromatic rings. The van der Waals surface area contributed by atoms with E-state index in [9.17, 15) is 18.3 Å². The highest BCUT2D eigenvalue weighted by atomic mass is 32.2. The van der Waals surface area contributed by atoms with Crippen LogP contribution in [-0.2, 0) is 14.8 Å². The molecule has 3 N–H and O–H groups in total. The minimum Gasteiger partial charge on any atom is -0.479 e. The van der Waals surface area contributed by atoms with E-state index in [1.165, 1.54) is 4.31 Å². The van der Waals surface area contributed by atoms with E-state index in [0.717, 1.165) is 16.8 Å². The van der Waals surface area contributed by atoms with Crippen molar-refractivity contribution in [3.8, 4) is 23.0 Å². The van der Waals surface area contributed by atoms with Gasteiger partial charge >= 0.3 is 5.97 Å². The van der Waals surface area contributed by atoms with Crippen LogP contribution in [0, 0.1) is 11.8 Å². The molecule has 0 spiro atoms. The fourth-order valence-electron chi connectivity index (χ4n) is 3.96. The van der Waals surface area contributed by atoms with Crippen molar-refractivity contribution in [2.24, 2.45) is 5.73 Å². The van der Waals surface area contributed by atoms with E-state index in [4.69, 9.17) is 5.73 Å². The Labute approximate surface area is 205 Å². The second kappa shape index (κ2) is 10.3. The quantitative estimate of drug-likeness (QED) is 0.516. The molecule has 1 saturated heterocycles. The van der Waals surface area contributed by atoms with Gasteiger partial charge in [0.2, 0.25) is 10.0 Å². The molecule has 7 nitrogen and oxygen atoms in total. The first kappa shape index (κ1) is 24.5. The van der Waals surface area contributed by atoms with Crippen molar-refractivity contribution >= 4 is 21.7 Å². The summed E-state index contributed by atoms with van der Waals surface area (Å²) < 4.78 is 27.4. The van der Waals surface area contributed by atoms with Crippen molar-refractivity contribution in [3.63, 3.8) is 0 Å². The smallest absolute Gasteiger partial charge is 0.337 e. The Morgan fingerprint density at radius 1 is 0.857 bits per heavy atom. The molecule has 0 saturated carbocycles. The Morgan fingerprint density at radius 2 is 1.40 bits per heavy atom. The first-order valence-electron chi connectivity index (χ1n) is 11.3. The van der Waals surface area contributed by atoms with Gasteiger partial charge in [-0.05, 0) is 35.4 Å². The molecular weight excluding hydrogens is 462 g/mol. The first-order chi connectivity index (χ1) is 16.8. The summed E-state index contributed by atoms with van der Waals surface area (Å²) in [4.78, 5) is 14.0. The van der Waals surface area contributed by atoms with Crippen LogP contribution >= 0.6 is 0 Å². The number of nitrogens with two attached hydrogens (primary N) is 1. The number of nitrogens with zero attached hydrogens (tertiary/aromatic N) is 2. The SMILES string of the molecule is NC(C#Cc1ccccc1)(CS(=O)(=O)N1CCN(c2ccc(-c3ccccc3)cc2)CC1)C(=O)O. The van der Waals surface area contributed by atoms with Gasteiger partial charge in [0.1, 0.15) is 5.75 Å². The number of carboxylic acid groups (broad SMARTS) is 1. The van der Waals surface area contributed by atoms with Crippen LogP contribution in [0.1, 0.15) is 5.56 Å². The largest absolute Gasteiger partial charge is 0.479 e. The second-order valence-corrected chi connectivity index (χ2v) is 10.4. The normalized spacial score (nSPS) is 16.1. The zero-order valence-electron chi connectivity index (χ0n) is 19.2. The van der Waals surface area contributed by atoms with E-state index >= 15 is 0 Å². The second-order valence-electron chi connectivity index (χ2n) is 8.45. The molecule has 0 bridgehead atoms. The van der Waals surface area contributed by atoms with Gasteiger partial charge in [-0.25, -0.2) is 13.2 Å². The lowest BCUT2D eigenvalue weighted by Gasteiger charge is -2.36. The fraction of sp³-hybridized carbons (Fsp3) is 0.222. The van der Waals surface area contributed by atoms with Gasteiger partial charge in [0, 0.05) is 37.4 Å². The van der Waals surface area contributed by atoms with Gasteiger partial charge in [0.05, 0.1) is 0 Å². The van der Waals surface area contributed by atoms with Crippen LogP contribution < -0.4 is 10.6 Å². The number of sulfonamides is 1. The topological polar surface area (TPSA) is 104 Å². The monoisotopic (exact) mass is 489 g/mol. The van der Waals surface area contributed by atoms with Crippen LogP contribution in [0.2, 0.25) is 0 Å². The molecule has 1 fully saturated rings. The lowest BCUT2D eigenvalue weighted by atomic mass is 10.0. The van der Waals surface area contributed by atoms with Crippen molar-refractivity contribution in [1.29, 1.82) is 0 Å². The number of hydrogen-bond donors (Lipinski definition) is 2. The summed E-state index contributed by atoms with van der Waals surface area (Å²) in [7, 11) is -3.94. The van der Waals surface area contributed by atoms with E-state index in [1.54, 1.807) is 30.3 Å². The van der Waals surface area contributed by atoms with Crippen molar-refractivity contribution in [1.82, 2.24) is 4.31 Å². The average molecular weight is 490 g/mol. The molecule has 3 aromatic carbocycles. The van der Waals surface area contributed by atoms with Crippen LogP contribution in [0.25, 0.3) is 11.1 Å². The van der Waals surface area contributed by atoms with E-state index < -0.39 is 27.3 Å². The lowest BCUT2D eigenvalue weighted by molar-refractivity contribution is -0.140. The number of rotatable bonds is 6. The Hall–Kier alpha value is -3.64. The third kappa shape index (κ3) is 5.89. The Morgan fingerprint density at radius 3 is 1.97 bits per heavy atom. The Kier molecular flexibility index (Phi) is 7.22. The number of carboxylic acids is 1. The number of anilines is 1. The summed E-state index contributed by atoms with van der Waals surface area (Å²) in [5.41, 5.74) is 7.58. The average Bonchev–Trinajstić information content (AvgIpc) is 2.88. The van der Waals surface area contributed by atoms with Gasteiger partial charge in [-0.1, -0.05) is 72.5 Å². The van der Waals surface area contributed by atoms with Gasteiger partial charge in [-0.2, -0.15) is 4.31 Å². The molecule has 8 heteroatoms. The van der Waals surface area contributed by atoms with Gasteiger partial charge in [-0.3, -0.25) is 0 Å². The number of hydrogen-bond acceptors (Lipinski definition) is 5. The van der Waals surface area contributed by atoms with Crippen LogP contribution in [-0.4, -0.2) is 61.3 Å². The fourth-order valence-corrected chi connectivity index (χ4v) is 5.63. The Balaban J connectivity index is 1.41. The summed E-state index contributed by atoms with van der Waals surface area (Å²) >= 11 is 0. The molecule has 1 unspecified atom stereocenters. The zero-order chi connectivity index (χ0) is 24.9. The van der Waals surface area contributed by atoms with E-state index in [-0.39, 0.29) is 13.1 Å². The number of aliphatic carboxylic acids is 1. The number of benzene rings is 3. The molecule has 0 aliphatic carbocycles. The van der Waals surface area contributed by atoms with Crippen LogP contribution in [0.5, 0.6) is 0 Å². The van der Waals surface area contributed by atoms with Crippen LogP contribution in [0.15, 0.2) is 84.9 Å². The predicted molar refractivity (Wildman–Crippen MR) is 137 cm³/mol. The van der Waals surface area contributed by atoms with Crippen molar-refractivity contribution in [2.75, 3.05) is 36.8 Å². The first-order valence-corrected chi connectivity index (χ1v) is 12.9. The molecule has 0 amide bonds. The lowest BCUT2D eigenvalue weighted by Crippen LogP contribution is -2.57. The standard InChI is InChI=1S/C27H27N3O4S/c28-27(26(31)32,16-15-22-7-3-1-4-8-22)21-35(33,34)30-19-17-29(18-20-30)25-13-11-24(12-14-25)23-9-5-2-6-10-23/h1-14H,17-21,28H2,(H,31,32). The van der Waals surface area contributed by atoms with Crippen molar-refractivity contribution in [2.45, 2.75) is 5.54 Å². The van der Waals surface area contributed by atoms with E-state index in [1.807, 2.05) is 30.3 Å². The summed E-state index contributed by atoms with van der Waals surface area (Å²) in [5.74, 6) is 2.90. The van der Waals surface area contributed by atoms with Gasteiger partial charge < -0.3 is 15.7 Å². The molecule has 4 rings (SSSR count). The number of piperazine rings is 1. The van der Waals surface area contributed by atoms with Crippen molar-refractivity contribution < 1.29 is 18.3 Å². The van der Waals surface area contributed by atoms with E-state index in [0.29, 0.717) is 18.7 Å². The molecule has 0 radical (unpaired) electrons. The molecular formula is C27H27N3O4S. The molecule has 1 heterocycles. The predicted octanol–water partition coefficient (Wildman–Crippen LogP) is 2.64. The molecule has 35 heavy (non-hydrogen) atoms. The maximum Gasteiger partial charge on any atom is 0.337 e. The summed E-state index contributed by atoms with van der Waals surface area (Å²) in [5, 5.41) is 9.65. The molecule has 1 aliphatic rings. The van der Waals surface area contributed by atoms with Gasteiger partial charge in [0.25, 0.3) is 0 Å². The molecule has 1 atom stereocenters. The van der Waals surface area contributed by atoms with Gasteiger partial charge in [0.15, 0.2) is 5.54 Å². The maximum atomic E-state index is 13.1. The minimum atomic E-state index is -3.94. The van der Waals surface area contributed by atoms with Gasteiger partial charge in [-0.15, -0.1) is 0 Å². The third-order valence-electron chi connectivity index (χ3n) is 5.97. The highest BCUT2D eigenvalue weighted by Crippen LogP contribution is 2.24. The summed E-state index contributed by atoms with van der Waals surface area (Å²) in [6, 6.07) is 27.0. The highest BCUT2D eigenvalue weighted by molar-refractivity contribution is 7.89. The Bertz CT molecular complexity index is 1330. The van der Waals surface area contributed by atoms with Crippen LogP contribution in [0.4, 0.5) is 5.69 Å². The zero-order valence-corrected chi connectivity index (χ0v) is 20.0. The molecule has 1 aliphatic heterocycles. The number of carbonyl (C=O) groups is 1.